The summed E-state index contributed by atoms with van der Waals surface area (Å²) < 4.78 is 4.88. The molecule has 0 unspecified atom stereocenters. The highest BCUT2D eigenvalue weighted by Gasteiger charge is 2.21. The van der Waals surface area contributed by atoms with E-state index in [1.165, 1.54) is 6.20 Å². The molecule has 1 saturated carbocycles. The first kappa shape index (κ1) is 12.1. The number of aromatic nitrogens is 1. The SMILES string of the molecule is Cc1cnoc1C(=O)NCC1CCC(O)CC1. The van der Waals surface area contributed by atoms with Crippen molar-refractivity contribution in [3.63, 3.8) is 0 Å². The van der Waals surface area contributed by atoms with Crippen LogP contribution in [0, 0.1) is 12.8 Å². The van der Waals surface area contributed by atoms with Gasteiger partial charge in [-0.25, -0.2) is 0 Å². The maximum absolute atomic E-state index is 11.7. The molecule has 0 saturated heterocycles. The van der Waals surface area contributed by atoms with Gasteiger partial charge in [0.15, 0.2) is 0 Å². The largest absolute Gasteiger partial charge is 0.393 e. The van der Waals surface area contributed by atoms with Gasteiger partial charge in [-0.05, 0) is 38.5 Å². The van der Waals surface area contributed by atoms with Crippen molar-refractivity contribution in [2.24, 2.45) is 5.92 Å². The minimum absolute atomic E-state index is 0.154. The summed E-state index contributed by atoms with van der Waals surface area (Å²) >= 11 is 0. The third-order valence-electron chi connectivity index (χ3n) is 3.32. The number of aliphatic hydroxyl groups excluding tert-OH is 1. The van der Waals surface area contributed by atoms with E-state index in [0.717, 1.165) is 31.2 Å². The van der Waals surface area contributed by atoms with Gasteiger partial charge < -0.3 is 14.9 Å². The lowest BCUT2D eigenvalue weighted by Crippen LogP contribution is -2.32. The van der Waals surface area contributed by atoms with Crippen molar-refractivity contribution in [1.29, 1.82) is 0 Å². The molecule has 1 aromatic rings. The lowest BCUT2D eigenvalue weighted by atomic mass is 9.87. The van der Waals surface area contributed by atoms with Crippen molar-refractivity contribution in [1.82, 2.24) is 10.5 Å². The Morgan fingerprint density at radius 2 is 2.24 bits per heavy atom. The van der Waals surface area contributed by atoms with Gasteiger partial charge in [0.05, 0.1) is 12.3 Å². The molecule has 0 atom stereocenters. The number of nitrogens with one attached hydrogen (secondary N) is 1. The lowest BCUT2D eigenvalue weighted by molar-refractivity contribution is 0.0877. The number of rotatable bonds is 3. The molecule has 0 aliphatic heterocycles. The Morgan fingerprint density at radius 1 is 1.53 bits per heavy atom. The molecule has 1 aliphatic carbocycles. The van der Waals surface area contributed by atoms with E-state index < -0.39 is 0 Å². The summed E-state index contributed by atoms with van der Waals surface area (Å²) in [4.78, 5) is 11.7. The predicted octanol–water partition coefficient (Wildman–Crippen LogP) is 1.26. The van der Waals surface area contributed by atoms with Crippen molar-refractivity contribution < 1.29 is 14.4 Å². The quantitative estimate of drug-likeness (QED) is 0.831. The Bertz CT molecular complexity index is 381. The van der Waals surface area contributed by atoms with E-state index in [2.05, 4.69) is 10.5 Å². The van der Waals surface area contributed by atoms with Crippen LogP contribution in [0.3, 0.4) is 0 Å². The second-order valence-electron chi connectivity index (χ2n) is 4.72. The van der Waals surface area contributed by atoms with E-state index in [1.807, 2.05) is 0 Å². The molecular weight excluding hydrogens is 220 g/mol. The van der Waals surface area contributed by atoms with Gasteiger partial charge in [0.1, 0.15) is 0 Å². The number of carbonyl (C=O) groups excluding carboxylic acids is 1. The van der Waals surface area contributed by atoms with Crippen LogP contribution in [0.15, 0.2) is 10.7 Å². The molecule has 1 fully saturated rings. The van der Waals surface area contributed by atoms with E-state index in [4.69, 9.17) is 4.52 Å². The van der Waals surface area contributed by atoms with Crippen molar-refractivity contribution in [2.45, 2.75) is 38.7 Å². The van der Waals surface area contributed by atoms with Crippen LogP contribution in [0.5, 0.6) is 0 Å². The van der Waals surface area contributed by atoms with E-state index >= 15 is 0 Å². The lowest BCUT2D eigenvalue weighted by Gasteiger charge is -2.25. The number of aryl methyl sites for hydroxylation is 1. The van der Waals surface area contributed by atoms with Gasteiger partial charge in [-0.15, -0.1) is 0 Å². The first-order valence-electron chi connectivity index (χ1n) is 6.04. The van der Waals surface area contributed by atoms with Gasteiger partial charge in [0, 0.05) is 12.1 Å². The van der Waals surface area contributed by atoms with Crippen LogP contribution in [0.4, 0.5) is 0 Å². The number of hydrogen-bond donors (Lipinski definition) is 2. The fourth-order valence-corrected chi connectivity index (χ4v) is 2.18. The average molecular weight is 238 g/mol. The Hall–Kier alpha value is -1.36. The van der Waals surface area contributed by atoms with Crippen molar-refractivity contribution in [3.8, 4) is 0 Å². The van der Waals surface area contributed by atoms with E-state index in [9.17, 15) is 9.90 Å². The fraction of sp³-hybridized carbons (Fsp3) is 0.667. The van der Waals surface area contributed by atoms with Gasteiger partial charge in [-0.2, -0.15) is 0 Å². The highest BCUT2D eigenvalue weighted by atomic mass is 16.5. The van der Waals surface area contributed by atoms with Crippen molar-refractivity contribution in [2.75, 3.05) is 6.54 Å². The molecule has 1 amide bonds. The summed E-state index contributed by atoms with van der Waals surface area (Å²) in [5.74, 6) is 0.553. The molecule has 0 radical (unpaired) electrons. The Morgan fingerprint density at radius 3 is 2.82 bits per heavy atom. The van der Waals surface area contributed by atoms with Crippen LogP contribution in [0.25, 0.3) is 0 Å². The van der Waals surface area contributed by atoms with Gasteiger partial charge in [-0.3, -0.25) is 4.79 Å². The summed E-state index contributed by atoms with van der Waals surface area (Å²) in [6, 6.07) is 0. The van der Waals surface area contributed by atoms with E-state index in [0.29, 0.717) is 18.2 Å². The predicted molar refractivity (Wildman–Crippen MR) is 61.5 cm³/mol. The van der Waals surface area contributed by atoms with Crippen LogP contribution in [0.2, 0.25) is 0 Å². The number of nitrogens with zero attached hydrogens (tertiary/aromatic N) is 1. The number of aliphatic hydroxyl groups is 1. The molecule has 0 bridgehead atoms. The molecule has 2 N–H and O–H groups in total. The molecule has 94 valence electrons. The Labute approximate surface area is 100 Å². The van der Waals surface area contributed by atoms with Crippen molar-refractivity contribution >= 4 is 5.91 Å². The summed E-state index contributed by atoms with van der Waals surface area (Å²) in [5, 5.41) is 15.8. The van der Waals surface area contributed by atoms with Gasteiger partial charge >= 0.3 is 0 Å². The minimum atomic E-state index is -0.203. The maximum atomic E-state index is 11.7. The monoisotopic (exact) mass is 238 g/mol. The minimum Gasteiger partial charge on any atom is -0.393 e. The fourth-order valence-electron chi connectivity index (χ4n) is 2.18. The highest BCUT2D eigenvalue weighted by molar-refractivity contribution is 5.92. The number of hydrogen-bond acceptors (Lipinski definition) is 4. The van der Waals surface area contributed by atoms with E-state index in [-0.39, 0.29) is 12.0 Å². The second kappa shape index (κ2) is 5.31. The van der Waals surface area contributed by atoms with Crippen LogP contribution >= 0.6 is 0 Å². The smallest absolute Gasteiger partial charge is 0.290 e. The zero-order valence-electron chi connectivity index (χ0n) is 9.98. The topological polar surface area (TPSA) is 75.4 Å². The highest BCUT2D eigenvalue weighted by Crippen LogP contribution is 2.23. The number of carbonyl (C=O) groups is 1. The third-order valence-corrected chi connectivity index (χ3v) is 3.32. The molecule has 0 aromatic carbocycles. The average Bonchev–Trinajstić information content (AvgIpc) is 2.74. The Kier molecular flexibility index (Phi) is 3.78. The summed E-state index contributed by atoms with van der Waals surface area (Å²) in [6.45, 7) is 2.44. The first-order valence-corrected chi connectivity index (χ1v) is 6.04. The summed E-state index contributed by atoms with van der Waals surface area (Å²) in [7, 11) is 0. The molecule has 0 spiro atoms. The second-order valence-corrected chi connectivity index (χ2v) is 4.72. The van der Waals surface area contributed by atoms with E-state index in [1.54, 1.807) is 6.92 Å². The normalized spacial score (nSPS) is 24.6. The van der Waals surface area contributed by atoms with Crippen LogP contribution in [0.1, 0.15) is 41.8 Å². The molecule has 5 heteroatoms. The molecule has 5 nitrogen and oxygen atoms in total. The number of amides is 1. The molecule has 1 aliphatic rings. The zero-order chi connectivity index (χ0) is 12.3. The maximum Gasteiger partial charge on any atom is 0.290 e. The molecule has 2 rings (SSSR count). The van der Waals surface area contributed by atoms with Gasteiger partial charge in [0.2, 0.25) is 5.76 Å². The van der Waals surface area contributed by atoms with Gasteiger partial charge in [0.25, 0.3) is 5.91 Å². The molecule has 1 heterocycles. The molecule has 1 aromatic heterocycles. The van der Waals surface area contributed by atoms with Crippen LogP contribution < -0.4 is 5.32 Å². The zero-order valence-corrected chi connectivity index (χ0v) is 9.98. The van der Waals surface area contributed by atoms with Crippen molar-refractivity contribution in [3.05, 3.63) is 17.5 Å². The molecular formula is C12H18N2O3. The molecule has 17 heavy (non-hydrogen) atoms. The summed E-state index contributed by atoms with van der Waals surface area (Å²) in [5.41, 5.74) is 0.751. The Balaban J connectivity index is 1.79. The standard InChI is InChI=1S/C12H18N2O3/c1-8-6-14-17-11(8)12(16)13-7-9-2-4-10(15)5-3-9/h6,9-10,15H,2-5,7H2,1H3,(H,13,16). The first-order chi connectivity index (χ1) is 8.16. The summed E-state index contributed by atoms with van der Waals surface area (Å²) in [6.07, 6.45) is 4.99. The van der Waals surface area contributed by atoms with Gasteiger partial charge in [-0.1, -0.05) is 5.16 Å². The van der Waals surface area contributed by atoms with Crippen LogP contribution in [-0.4, -0.2) is 28.8 Å². The third kappa shape index (κ3) is 3.06. The van der Waals surface area contributed by atoms with Crippen LogP contribution in [-0.2, 0) is 0 Å².